The van der Waals surface area contributed by atoms with Crippen LogP contribution in [0.4, 0.5) is 18.9 Å². The first kappa shape index (κ1) is 17.4. The van der Waals surface area contributed by atoms with Crippen molar-refractivity contribution in [2.45, 2.75) is 33.1 Å². The quantitative estimate of drug-likeness (QED) is 0.941. The minimum Gasteiger partial charge on any atom is -0.378 e. The van der Waals surface area contributed by atoms with Crippen LogP contribution in [0.1, 0.15) is 23.9 Å². The van der Waals surface area contributed by atoms with Crippen LogP contribution >= 0.6 is 12.4 Å². The van der Waals surface area contributed by atoms with E-state index in [1.54, 1.807) is 10.9 Å². The van der Waals surface area contributed by atoms with Crippen LogP contribution in [0, 0.1) is 6.92 Å². The van der Waals surface area contributed by atoms with Gasteiger partial charge in [0.25, 0.3) is 0 Å². The van der Waals surface area contributed by atoms with Crippen molar-refractivity contribution in [1.29, 1.82) is 0 Å². The second kappa shape index (κ2) is 6.38. The summed E-state index contributed by atoms with van der Waals surface area (Å²) in [5.74, 6) is 0. The van der Waals surface area contributed by atoms with E-state index in [1.165, 1.54) is 17.9 Å². The van der Waals surface area contributed by atoms with Gasteiger partial charge in [0.1, 0.15) is 0 Å². The molecule has 0 bridgehead atoms. The molecule has 0 amide bonds. The molecule has 1 N–H and O–H groups in total. The lowest BCUT2D eigenvalue weighted by Crippen LogP contribution is -2.11. The van der Waals surface area contributed by atoms with Crippen molar-refractivity contribution in [3.63, 3.8) is 0 Å². The molecule has 0 aromatic carbocycles. The molecule has 2 heterocycles. The zero-order chi connectivity index (χ0) is 14.9. The molecule has 21 heavy (non-hydrogen) atoms. The van der Waals surface area contributed by atoms with Crippen LogP contribution in [0.15, 0.2) is 12.4 Å². The van der Waals surface area contributed by atoms with E-state index in [4.69, 9.17) is 0 Å². The highest BCUT2D eigenvalue weighted by atomic mass is 35.5. The number of anilines is 1. The summed E-state index contributed by atoms with van der Waals surface area (Å²) in [6.07, 6.45) is -1.30. The average Bonchev–Trinajstić information content (AvgIpc) is 2.89. The van der Waals surface area contributed by atoms with Gasteiger partial charge in [0.2, 0.25) is 0 Å². The largest absolute Gasteiger partial charge is 0.435 e. The van der Waals surface area contributed by atoms with Crippen molar-refractivity contribution in [2.24, 2.45) is 7.05 Å². The predicted octanol–water partition coefficient (Wildman–Crippen LogP) is 3.00. The molecule has 0 aliphatic carbocycles. The first-order valence-electron chi connectivity index (χ1n) is 6.19. The topological polar surface area (TPSA) is 47.7 Å². The SMILES string of the molecule is CCn1cc(NCc2cn(C)nc2C(F)(F)F)c(C)n1.Cl. The Bertz CT molecular complexity index is 603. The van der Waals surface area contributed by atoms with E-state index < -0.39 is 11.9 Å². The van der Waals surface area contributed by atoms with Crippen LogP contribution < -0.4 is 5.32 Å². The monoisotopic (exact) mass is 323 g/mol. The zero-order valence-corrected chi connectivity index (χ0v) is 12.7. The minimum atomic E-state index is -4.44. The third-order valence-corrected chi connectivity index (χ3v) is 2.91. The summed E-state index contributed by atoms with van der Waals surface area (Å²) in [5, 5.41) is 10.7. The molecule has 9 heteroatoms. The van der Waals surface area contributed by atoms with Gasteiger partial charge < -0.3 is 5.32 Å². The molecule has 0 saturated carbocycles. The molecule has 0 aliphatic rings. The number of nitrogens with zero attached hydrogens (tertiary/aromatic N) is 4. The maximum absolute atomic E-state index is 12.8. The second-order valence-electron chi connectivity index (χ2n) is 4.51. The fourth-order valence-electron chi connectivity index (χ4n) is 1.95. The molecular formula is C12H17ClF3N5. The Morgan fingerprint density at radius 3 is 2.43 bits per heavy atom. The number of aromatic nitrogens is 4. The Labute approximate surface area is 126 Å². The van der Waals surface area contributed by atoms with Crippen LogP contribution in [-0.4, -0.2) is 19.6 Å². The second-order valence-corrected chi connectivity index (χ2v) is 4.51. The van der Waals surface area contributed by atoms with Crippen molar-refractivity contribution < 1.29 is 13.2 Å². The molecule has 118 valence electrons. The lowest BCUT2D eigenvalue weighted by Gasteiger charge is -2.07. The third-order valence-electron chi connectivity index (χ3n) is 2.91. The first-order valence-corrected chi connectivity index (χ1v) is 6.19. The number of alkyl halides is 3. The molecule has 0 unspecified atom stereocenters. The van der Waals surface area contributed by atoms with E-state index in [2.05, 4.69) is 15.5 Å². The van der Waals surface area contributed by atoms with Crippen molar-refractivity contribution in [3.8, 4) is 0 Å². The summed E-state index contributed by atoms with van der Waals surface area (Å²) in [7, 11) is 1.47. The maximum atomic E-state index is 12.8. The molecule has 2 rings (SSSR count). The van der Waals surface area contributed by atoms with Crippen molar-refractivity contribution in [2.75, 3.05) is 5.32 Å². The summed E-state index contributed by atoms with van der Waals surface area (Å²) in [6, 6.07) is 0. The van der Waals surface area contributed by atoms with E-state index >= 15 is 0 Å². The van der Waals surface area contributed by atoms with E-state index in [0.29, 0.717) is 6.54 Å². The van der Waals surface area contributed by atoms with Crippen molar-refractivity contribution in [1.82, 2.24) is 19.6 Å². The molecule has 0 radical (unpaired) electrons. The highest BCUT2D eigenvalue weighted by molar-refractivity contribution is 5.85. The van der Waals surface area contributed by atoms with Gasteiger partial charge in [0, 0.05) is 38.1 Å². The van der Waals surface area contributed by atoms with Gasteiger partial charge in [-0.1, -0.05) is 0 Å². The van der Waals surface area contributed by atoms with Crippen LogP contribution in [0.3, 0.4) is 0 Å². The lowest BCUT2D eigenvalue weighted by atomic mass is 10.2. The fourth-order valence-corrected chi connectivity index (χ4v) is 1.95. The Balaban J connectivity index is 0.00000220. The normalized spacial score (nSPS) is 11.3. The van der Waals surface area contributed by atoms with Crippen molar-refractivity contribution >= 4 is 18.1 Å². The summed E-state index contributed by atoms with van der Waals surface area (Å²) in [6.45, 7) is 4.52. The van der Waals surface area contributed by atoms with Gasteiger partial charge >= 0.3 is 6.18 Å². The predicted molar refractivity (Wildman–Crippen MR) is 75.4 cm³/mol. The fraction of sp³-hybridized carbons (Fsp3) is 0.500. The number of aryl methyl sites for hydroxylation is 3. The number of halogens is 4. The molecule has 2 aromatic heterocycles. The third kappa shape index (κ3) is 3.90. The zero-order valence-electron chi connectivity index (χ0n) is 11.9. The summed E-state index contributed by atoms with van der Waals surface area (Å²) in [5.41, 5.74) is 0.741. The van der Waals surface area contributed by atoms with Gasteiger partial charge in [-0.15, -0.1) is 12.4 Å². The first-order chi connectivity index (χ1) is 9.31. The maximum Gasteiger partial charge on any atom is 0.435 e. The summed E-state index contributed by atoms with van der Waals surface area (Å²) in [4.78, 5) is 0. The van der Waals surface area contributed by atoms with Gasteiger partial charge in [0.05, 0.1) is 11.4 Å². The minimum absolute atomic E-state index is 0. The average molecular weight is 324 g/mol. The van der Waals surface area contributed by atoms with Gasteiger partial charge in [-0.25, -0.2) is 0 Å². The molecule has 0 saturated heterocycles. The van der Waals surface area contributed by atoms with Crippen LogP contribution in [0.5, 0.6) is 0 Å². The van der Waals surface area contributed by atoms with Gasteiger partial charge in [-0.2, -0.15) is 23.4 Å². The molecule has 0 atom stereocenters. The Morgan fingerprint density at radius 1 is 1.24 bits per heavy atom. The van der Waals surface area contributed by atoms with E-state index in [-0.39, 0.29) is 24.5 Å². The lowest BCUT2D eigenvalue weighted by molar-refractivity contribution is -0.142. The highest BCUT2D eigenvalue weighted by Gasteiger charge is 2.36. The molecule has 2 aromatic rings. The van der Waals surface area contributed by atoms with Gasteiger partial charge in [-0.05, 0) is 13.8 Å². The van der Waals surface area contributed by atoms with E-state index in [0.717, 1.165) is 11.4 Å². The van der Waals surface area contributed by atoms with Crippen molar-refractivity contribution in [3.05, 3.63) is 29.3 Å². The molecular weight excluding hydrogens is 307 g/mol. The van der Waals surface area contributed by atoms with E-state index in [9.17, 15) is 13.2 Å². The number of hydrogen-bond acceptors (Lipinski definition) is 3. The van der Waals surface area contributed by atoms with Crippen LogP contribution in [0.2, 0.25) is 0 Å². The molecule has 5 nitrogen and oxygen atoms in total. The molecule has 0 aliphatic heterocycles. The molecule has 0 spiro atoms. The number of hydrogen-bond donors (Lipinski definition) is 1. The summed E-state index contributed by atoms with van der Waals surface area (Å²) >= 11 is 0. The van der Waals surface area contributed by atoms with Crippen LogP contribution in [-0.2, 0) is 26.3 Å². The van der Waals surface area contributed by atoms with Gasteiger partial charge in [-0.3, -0.25) is 9.36 Å². The van der Waals surface area contributed by atoms with Gasteiger partial charge in [0.15, 0.2) is 5.69 Å². The molecule has 0 fully saturated rings. The van der Waals surface area contributed by atoms with Crippen LogP contribution in [0.25, 0.3) is 0 Å². The smallest absolute Gasteiger partial charge is 0.378 e. The summed E-state index contributed by atoms with van der Waals surface area (Å²) < 4.78 is 41.3. The van der Waals surface area contributed by atoms with E-state index in [1.807, 2.05) is 13.8 Å². The number of rotatable bonds is 4. The number of nitrogens with one attached hydrogen (secondary N) is 1. The Hall–Kier alpha value is -1.70. The Morgan fingerprint density at radius 2 is 1.90 bits per heavy atom. The Kier molecular flexibility index (Phi) is 5.27. The standard InChI is InChI=1S/C12H16F3N5.ClH/c1-4-20-7-10(8(2)17-20)16-5-9-6-19(3)18-11(9)12(13,14)15;/h6-7,16H,4-5H2,1-3H3;1H. The highest BCUT2D eigenvalue weighted by Crippen LogP contribution is 2.31.